The minimum Gasteiger partial charge on any atom is -0.376 e. The molecule has 0 spiro atoms. The van der Waals surface area contributed by atoms with Gasteiger partial charge in [-0.2, -0.15) is 0 Å². The van der Waals surface area contributed by atoms with Gasteiger partial charge in [-0.05, 0) is 31.5 Å². The number of thiocarbonyl (C=S) groups is 1. The fourth-order valence-corrected chi connectivity index (χ4v) is 1.35. The van der Waals surface area contributed by atoms with E-state index in [2.05, 4.69) is 26.1 Å². The summed E-state index contributed by atoms with van der Waals surface area (Å²) in [5.74, 6) is 0.794. The molecule has 0 bridgehead atoms. The molecule has 1 atom stereocenters. The fourth-order valence-electron chi connectivity index (χ4n) is 1.15. The Morgan fingerprint density at radius 1 is 1.33 bits per heavy atom. The monoisotopic (exact) mass is 188 g/mol. The molecule has 0 amide bonds. The molecule has 0 aromatic rings. The van der Waals surface area contributed by atoms with Gasteiger partial charge in [-0.15, -0.1) is 0 Å². The molecule has 3 heteroatoms. The van der Waals surface area contributed by atoms with Crippen molar-refractivity contribution in [3.05, 3.63) is 0 Å². The molecule has 0 aromatic carbocycles. The average Bonchev–Trinajstić information content (AvgIpc) is 1.84. The molecule has 3 N–H and O–H groups in total. The molecule has 0 rings (SSSR count). The molecule has 0 aliphatic carbocycles. The highest BCUT2D eigenvalue weighted by molar-refractivity contribution is 7.80. The van der Waals surface area contributed by atoms with Crippen LogP contribution in [0.1, 0.15) is 40.0 Å². The van der Waals surface area contributed by atoms with E-state index in [-0.39, 0.29) is 0 Å². The zero-order chi connectivity index (χ0) is 9.56. The number of hydrogen-bond donors (Lipinski definition) is 2. The normalized spacial score (nSPS) is 13.0. The first-order valence-corrected chi connectivity index (χ1v) is 4.99. The van der Waals surface area contributed by atoms with Crippen LogP contribution >= 0.6 is 12.2 Å². The van der Waals surface area contributed by atoms with Gasteiger partial charge >= 0.3 is 0 Å². The van der Waals surface area contributed by atoms with Gasteiger partial charge in [-0.25, -0.2) is 0 Å². The van der Waals surface area contributed by atoms with Crippen molar-refractivity contribution in [1.82, 2.24) is 5.32 Å². The van der Waals surface area contributed by atoms with Crippen LogP contribution in [-0.4, -0.2) is 11.2 Å². The van der Waals surface area contributed by atoms with Crippen LogP contribution in [0.5, 0.6) is 0 Å². The highest BCUT2D eigenvalue weighted by atomic mass is 32.1. The zero-order valence-electron chi connectivity index (χ0n) is 8.26. The van der Waals surface area contributed by atoms with Crippen LogP contribution in [0, 0.1) is 5.92 Å². The molecular weight excluding hydrogens is 168 g/mol. The van der Waals surface area contributed by atoms with E-state index in [1.807, 2.05) is 0 Å². The first kappa shape index (κ1) is 11.7. The van der Waals surface area contributed by atoms with Crippen molar-refractivity contribution in [2.45, 2.75) is 46.1 Å². The molecule has 0 aliphatic rings. The van der Waals surface area contributed by atoms with E-state index in [4.69, 9.17) is 18.0 Å². The van der Waals surface area contributed by atoms with Crippen molar-refractivity contribution in [2.24, 2.45) is 11.7 Å². The van der Waals surface area contributed by atoms with E-state index in [1.54, 1.807) is 0 Å². The summed E-state index contributed by atoms with van der Waals surface area (Å²) < 4.78 is 0. The highest BCUT2D eigenvalue weighted by Crippen LogP contribution is 2.07. The van der Waals surface area contributed by atoms with Gasteiger partial charge < -0.3 is 11.1 Å². The van der Waals surface area contributed by atoms with Gasteiger partial charge in [0.1, 0.15) is 0 Å². The van der Waals surface area contributed by atoms with Gasteiger partial charge in [0.2, 0.25) is 0 Å². The first-order chi connectivity index (χ1) is 5.52. The number of hydrogen-bond acceptors (Lipinski definition) is 1. The van der Waals surface area contributed by atoms with Crippen LogP contribution in [0.4, 0.5) is 0 Å². The number of nitrogens with two attached hydrogens (primary N) is 1. The minimum absolute atomic E-state index is 0.409. The summed E-state index contributed by atoms with van der Waals surface area (Å²) >= 11 is 4.74. The quantitative estimate of drug-likeness (QED) is 0.648. The van der Waals surface area contributed by atoms with Gasteiger partial charge in [0.15, 0.2) is 5.11 Å². The number of nitrogens with one attached hydrogen (secondary N) is 1. The molecule has 0 radical (unpaired) electrons. The van der Waals surface area contributed by atoms with Crippen molar-refractivity contribution in [1.29, 1.82) is 0 Å². The van der Waals surface area contributed by atoms with Crippen LogP contribution in [0.2, 0.25) is 0 Å². The fraction of sp³-hybridized carbons (Fsp3) is 0.889. The third-order valence-corrected chi connectivity index (χ3v) is 1.93. The topological polar surface area (TPSA) is 38.0 Å². The number of rotatable bonds is 5. The summed E-state index contributed by atoms with van der Waals surface area (Å²) in [6.45, 7) is 6.59. The summed E-state index contributed by atoms with van der Waals surface area (Å²) in [4.78, 5) is 0. The van der Waals surface area contributed by atoms with E-state index in [0.717, 1.165) is 12.3 Å². The standard InChI is InChI=1S/C9H20N2S/c1-7(2)5-4-6-8(3)11-9(10)12/h7-8H,4-6H2,1-3H3,(H3,10,11,12)/t8-/m0/s1. The first-order valence-electron chi connectivity index (χ1n) is 4.58. The Balaban J connectivity index is 3.31. The molecule has 0 aromatic heterocycles. The lowest BCUT2D eigenvalue weighted by Gasteiger charge is -2.13. The van der Waals surface area contributed by atoms with E-state index < -0.39 is 0 Å². The predicted octanol–water partition coefficient (Wildman–Crippen LogP) is 2.03. The molecule has 0 saturated carbocycles. The Labute approximate surface area is 80.9 Å². The van der Waals surface area contributed by atoms with Gasteiger partial charge in [0.25, 0.3) is 0 Å². The van der Waals surface area contributed by atoms with E-state index in [0.29, 0.717) is 11.2 Å². The Kier molecular flexibility index (Phi) is 6.07. The van der Waals surface area contributed by atoms with Gasteiger partial charge in [-0.1, -0.05) is 26.7 Å². The molecule has 0 unspecified atom stereocenters. The molecule has 12 heavy (non-hydrogen) atoms. The van der Waals surface area contributed by atoms with Crippen molar-refractivity contribution in [3.8, 4) is 0 Å². The van der Waals surface area contributed by atoms with Gasteiger partial charge in [0, 0.05) is 6.04 Å². The maximum Gasteiger partial charge on any atom is 0.163 e. The third-order valence-electron chi connectivity index (χ3n) is 1.81. The summed E-state index contributed by atoms with van der Waals surface area (Å²) in [5.41, 5.74) is 5.35. The maximum atomic E-state index is 5.35. The van der Waals surface area contributed by atoms with E-state index in [1.165, 1.54) is 12.8 Å². The SMILES string of the molecule is CC(C)CCC[C@H](C)NC(N)=S. The maximum absolute atomic E-state index is 5.35. The molecule has 0 heterocycles. The Morgan fingerprint density at radius 2 is 1.92 bits per heavy atom. The van der Waals surface area contributed by atoms with Crippen LogP contribution in [0.15, 0.2) is 0 Å². The van der Waals surface area contributed by atoms with Crippen LogP contribution in [0.3, 0.4) is 0 Å². The van der Waals surface area contributed by atoms with Crippen molar-refractivity contribution in [2.75, 3.05) is 0 Å². The van der Waals surface area contributed by atoms with Crippen molar-refractivity contribution < 1.29 is 0 Å². The van der Waals surface area contributed by atoms with Crippen LogP contribution in [-0.2, 0) is 0 Å². The second-order valence-electron chi connectivity index (χ2n) is 3.73. The molecule has 0 fully saturated rings. The Hall–Kier alpha value is -0.310. The summed E-state index contributed by atoms with van der Waals surface area (Å²) in [6, 6.07) is 0.418. The summed E-state index contributed by atoms with van der Waals surface area (Å²) in [5, 5.41) is 3.43. The van der Waals surface area contributed by atoms with Crippen molar-refractivity contribution in [3.63, 3.8) is 0 Å². The van der Waals surface area contributed by atoms with Crippen molar-refractivity contribution >= 4 is 17.3 Å². The lowest BCUT2D eigenvalue weighted by molar-refractivity contribution is 0.495. The second-order valence-corrected chi connectivity index (χ2v) is 4.17. The van der Waals surface area contributed by atoms with Crippen LogP contribution < -0.4 is 11.1 Å². The molecule has 72 valence electrons. The predicted molar refractivity (Wildman–Crippen MR) is 58.1 cm³/mol. The molecule has 2 nitrogen and oxygen atoms in total. The smallest absolute Gasteiger partial charge is 0.163 e. The zero-order valence-corrected chi connectivity index (χ0v) is 9.08. The van der Waals surface area contributed by atoms with Gasteiger partial charge in [-0.3, -0.25) is 0 Å². The molecular formula is C9H20N2S. The second kappa shape index (κ2) is 6.23. The highest BCUT2D eigenvalue weighted by Gasteiger charge is 2.01. The van der Waals surface area contributed by atoms with E-state index >= 15 is 0 Å². The Morgan fingerprint density at radius 3 is 2.33 bits per heavy atom. The average molecular weight is 188 g/mol. The van der Waals surface area contributed by atoms with Gasteiger partial charge in [0.05, 0.1) is 0 Å². The Bertz CT molecular complexity index is 134. The largest absolute Gasteiger partial charge is 0.376 e. The third kappa shape index (κ3) is 7.79. The lowest BCUT2D eigenvalue weighted by atomic mass is 10.0. The van der Waals surface area contributed by atoms with E-state index in [9.17, 15) is 0 Å². The van der Waals surface area contributed by atoms with Crippen LogP contribution in [0.25, 0.3) is 0 Å². The molecule has 0 aliphatic heterocycles. The summed E-state index contributed by atoms with van der Waals surface area (Å²) in [6.07, 6.45) is 3.67. The molecule has 0 saturated heterocycles. The summed E-state index contributed by atoms with van der Waals surface area (Å²) in [7, 11) is 0. The minimum atomic E-state index is 0.409. The lowest BCUT2D eigenvalue weighted by Crippen LogP contribution is -2.36.